The molecule has 1 aromatic rings. The van der Waals surface area contributed by atoms with Gasteiger partial charge in [0.15, 0.2) is 11.5 Å². The Morgan fingerprint density at radius 1 is 1.21 bits per heavy atom. The minimum atomic E-state index is -0.930. The summed E-state index contributed by atoms with van der Waals surface area (Å²) in [6.45, 7) is 1.17. The van der Waals surface area contributed by atoms with Crippen LogP contribution in [0, 0.1) is 5.92 Å². The van der Waals surface area contributed by atoms with Gasteiger partial charge in [-0.3, -0.25) is 14.4 Å². The van der Waals surface area contributed by atoms with Crippen LogP contribution in [-0.4, -0.2) is 65.2 Å². The first kappa shape index (κ1) is 18.6. The highest BCUT2D eigenvalue weighted by Crippen LogP contribution is 2.43. The summed E-state index contributed by atoms with van der Waals surface area (Å²) in [4.78, 5) is 39.7. The maximum Gasteiger partial charge on any atom is 0.309 e. The van der Waals surface area contributed by atoms with E-state index in [1.807, 2.05) is 18.2 Å². The molecule has 1 N–H and O–H groups in total. The van der Waals surface area contributed by atoms with Crippen molar-refractivity contribution >= 4 is 17.8 Å². The maximum atomic E-state index is 12.6. The molecular formula is C20H24N2O6. The van der Waals surface area contributed by atoms with E-state index in [-0.39, 0.29) is 25.0 Å². The minimum Gasteiger partial charge on any atom is -0.481 e. The van der Waals surface area contributed by atoms with Crippen LogP contribution >= 0.6 is 0 Å². The van der Waals surface area contributed by atoms with Crippen molar-refractivity contribution in [2.45, 2.75) is 37.6 Å². The number of carbonyl (C=O) groups is 3. The van der Waals surface area contributed by atoms with Crippen molar-refractivity contribution in [1.29, 1.82) is 0 Å². The van der Waals surface area contributed by atoms with E-state index in [9.17, 15) is 19.5 Å². The first-order valence-corrected chi connectivity index (χ1v) is 9.56. The average Bonchev–Trinajstić information content (AvgIpc) is 3.25. The summed E-state index contributed by atoms with van der Waals surface area (Å²) in [7, 11) is 1.68. The van der Waals surface area contributed by atoms with E-state index in [1.54, 1.807) is 16.8 Å². The zero-order chi connectivity index (χ0) is 19.9. The third-order valence-electron chi connectivity index (χ3n) is 6.41. The van der Waals surface area contributed by atoms with Crippen LogP contribution in [0.5, 0.6) is 11.5 Å². The zero-order valence-electron chi connectivity index (χ0n) is 15.8. The number of hydrogen-bond acceptors (Lipinski definition) is 5. The van der Waals surface area contributed by atoms with Gasteiger partial charge in [-0.25, -0.2) is 0 Å². The van der Waals surface area contributed by atoms with Crippen molar-refractivity contribution in [3.63, 3.8) is 0 Å². The lowest BCUT2D eigenvalue weighted by Crippen LogP contribution is -2.57. The Morgan fingerprint density at radius 2 is 1.93 bits per heavy atom. The molecule has 1 atom stereocenters. The van der Waals surface area contributed by atoms with Crippen LogP contribution in [0.4, 0.5) is 0 Å². The fraction of sp³-hybridized carbons (Fsp3) is 0.550. The van der Waals surface area contributed by atoms with E-state index in [0.29, 0.717) is 44.5 Å². The van der Waals surface area contributed by atoms with Gasteiger partial charge in [0.05, 0.1) is 11.5 Å². The Bertz CT molecular complexity index is 815. The Labute approximate surface area is 163 Å². The number of carboxylic acid groups (broad SMARTS) is 1. The molecule has 3 aliphatic rings. The molecule has 0 bridgehead atoms. The van der Waals surface area contributed by atoms with E-state index in [4.69, 9.17) is 9.47 Å². The number of carboxylic acids is 1. The van der Waals surface area contributed by atoms with Crippen molar-refractivity contribution in [1.82, 2.24) is 9.80 Å². The quantitative estimate of drug-likeness (QED) is 0.835. The molecular weight excluding hydrogens is 364 g/mol. The fourth-order valence-electron chi connectivity index (χ4n) is 4.63. The van der Waals surface area contributed by atoms with Crippen LogP contribution in [0.3, 0.4) is 0 Å². The SMILES string of the molecule is CN1C(=O)C[C@@H](C(=O)O)C12CCN(C(=O)CCc1ccc3c(c1)OCO3)CC2. The van der Waals surface area contributed by atoms with E-state index in [1.165, 1.54) is 0 Å². The predicted octanol–water partition coefficient (Wildman–Crippen LogP) is 1.27. The van der Waals surface area contributed by atoms with Gasteiger partial charge in [-0.1, -0.05) is 6.07 Å². The maximum absolute atomic E-state index is 12.6. The topological polar surface area (TPSA) is 96.4 Å². The first-order valence-electron chi connectivity index (χ1n) is 9.56. The van der Waals surface area contributed by atoms with Crippen molar-refractivity contribution in [2.24, 2.45) is 5.92 Å². The number of carbonyl (C=O) groups excluding carboxylic acids is 2. The van der Waals surface area contributed by atoms with Crippen LogP contribution in [0.15, 0.2) is 18.2 Å². The monoisotopic (exact) mass is 388 g/mol. The average molecular weight is 388 g/mol. The molecule has 1 aromatic carbocycles. The molecule has 8 nitrogen and oxygen atoms in total. The second kappa shape index (κ2) is 7.00. The van der Waals surface area contributed by atoms with Crippen molar-refractivity contribution < 1.29 is 29.0 Å². The lowest BCUT2D eigenvalue weighted by Gasteiger charge is -2.45. The molecule has 0 radical (unpaired) electrons. The number of piperidine rings is 1. The summed E-state index contributed by atoms with van der Waals surface area (Å²) in [5.41, 5.74) is 0.343. The normalized spacial score (nSPS) is 22.8. The second-order valence-corrected chi connectivity index (χ2v) is 7.72. The van der Waals surface area contributed by atoms with Gasteiger partial charge in [-0.2, -0.15) is 0 Å². The number of hydrogen-bond donors (Lipinski definition) is 1. The molecule has 3 aliphatic heterocycles. The van der Waals surface area contributed by atoms with Gasteiger partial charge in [-0.05, 0) is 37.0 Å². The summed E-state index contributed by atoms with van der Waals surface area (Å²) in [5, 5.41) is 9.54. The number of aryl methyl sites for hydroxylation is 1. The number of rotatable bonds is 4. The summed E-state index contributed by atoms with van der Waals surface area (Å²) in [6.07, 6.45) is 2.03. The van der Waals surface area contributed by atoms with Crippen LogP contribution < -0.4 is 9.47 Å². The van der Waals surface area contributed by atoms with Gasteiger partial charge in [0.2, 0.25) is 18.6 Å². The zero-order valence-corrected chi connectivity index (χ0v) is 15.8. The number of benzene rings is 1. The first-order chi connectivity index (χ1) is 13.4. The Balaban J connectivity index is 1.35. The molecule has 1 spiro atoms. The molecule has 150 valence electrons. The third kappa shape index (κ3) is 3.06. The largest absolute Gasteiger partial charge is 0.481 e. The Hall–Kier alpha value is -2.77. The van der Waals surface area contributed by atoms with Gasteiger partial charge < -0.3 is 24.4 Å². The summed E-state index contributed by atoms with van der Waals surface area (Å²) in [5.74, 6) is -0.282. The number of aliphatic carboxylic acids is 1. The molecule has 4 rings (SSSR count). The third-order valence-corrected chi connectivity index (χ3v) is 6.41. The number of amides is 2. The molecule has 2 saturated heterocycles. The Morgan fingerprint density at radius 3 is 2.64 bits per heavy atom. The van der Waals surface area contributed by atoms with Gasteiger partial charge in [0.25, 0.3) is 0 Å². The van der Waals surface area contributed by atoms with E-state index >= 15 is 0 Å². The molecule has 0 aliphatic carbocycles. The number of ether oxygens (including phenoxy) is 2. The fourth-order valence-corrected chi connectivity index (χ4v) is 4.63. The molecule has 28 heavy (non-hydrogen) atoms. The van der Waals surface area contributed by atoms with Gasteiger partial charge in [0, 0.05) is 33.0 Å². The standard InChI is InChI=1S/C20H24N2O6/c1-21-18(24)11-14(19(25)26)20(21)6-8-22(9-7-20)17(23)5-3-13-2-4-15-16(10-13)28-12-27-15/h2,4,10,14H,3,5-9,11-12H2,1H3,(H,25,26)/t14-/m0/s1. The summed E-state index contributed by atoms with van der Waals surface area (Å²) in [6, 6.07) is 5.69. The van der Waals surface area contributed by atoms with Crippen LogP contribution in [0.25, 0.3) is 0 Å². The van der Waals surface area contributed by atoms with Crippen LogP contribution in [-0.2, 0) is 20.8 Å². The molecule has 2 fully saturated rings. The highest BCUT2D eigenvalue weighted by molar-refractivity contribution is 5.88. The lowest BCUT2D eigenvalue weighted by atomic mass is 9.77. The van der Waals surface area contributed by atoms with E-state index in [2.05, 4.69) is 0 Å². The molecule has 2 amide bonds. The summed E-state index contributed by atoms with van der Waals surface area (Å²) >= 11 is 0. The Kier molecular flexibility index (Phi) is 4.64. The summed E-state index contributed by atoms with van der Waals surface area (Å²) < 4.78 is 10.7. The van der Waals surface area contributed by atoms with Crippen molar-refractivity contribution in [3.8, 4) is 11.5 Å². The highest BCUT2D eigenvalue weighted by Gasteiger charge is 2.55. The van der Waals surface area contributed by atoms with Crippen LogP contribution in [0.1, 0.15) is 31.2 Å². The number of fused-ring (bicyclic) bond motifs is 1. The van der Waals surface area contributed by atoms with Crippen molar-refractivity contribution in [2.75, 3.05) is 26.9 Å². The highest BCUT2D eigenvalue weighted by atomic mass is 16.7. The smallest absolute Gasteiger partial charge is 0.309 e. The van der Waals surface area contributed by atoms with Gasteiger partial charge in [0.1, 0.15) is 0 Å². The minimum absolute atomic E-state index is 0.0455. The lowest BCUT2D eigenvalue weighted by molar-refractivity contribution is -0.147. The molecule has 0 saturated carbocycles. The number of likely N-dealkylation sites (tertiary alicyclic amines) is 2. The second-order valence-electron chi connectivity index (χ2n) is 7.72. The van der Waals surface area contributed by atoms with E-state index < -0.39 is 17.4 Å². The molecule has 0 aromatic heterocycles. The molecule has 8 heteroatoms. The predicted molar refractivity (Wildman–Crippen MR) is 97.9 cm³/mol. The van der Waals surface area contributed by atoms with E-state index in [0.717, 1.165) is 11.3 Å². The van der Waals surface area contributed by atoms with Gasteiger partial charge >= 0.3 is 5.97 Å². The molecule has 0 unspecified atom stereocenters. The van der Waals surface area contributed by atoms with Crippen LogP contribution in [0.2, 0.25) is 0 Å². The molecule has 3 heterocycles. The van der Waals surface area contributed by atoms with Gasteiger partial charge in [-0.15, -0.1) is 0 Å². The number of nitrogens with zero attached hydrogens (tertiary/aromatic N) is 2. The van der Waals surface area contributed by atoms with Crippen molar-refractivity contribution in [3.05, 3.63) is 23.8 Å².